The molecule has 3 rings (SSSR count). The molecule has 7 heteroatoms. The molecule has 1 heterocycles. The summed E-state index contributed by atoms with van der Waals surface area (Å²) >= 11 is 0. The van der Waals surface area contributed by atoms with Gasteiger partial charge in [-0.25, -0.2) is 9.40 Å². The van der Waals surface area contributed by atoms with Gasteiger partial charge in [-0.2, -0.15) is 13.9 Å². The maximum atomic E-state index is 13.4. The van der Waals surface area contributed by atoms with Crippen molar-refractivity contribution in [2.45, 2.75) is 19.5 Å². The fraction of sp³-hybridized carbons (Fsp3) is 0.176. The van der Waals surface area contributed by atoms with E-state index in [0.29, 0.717) is 23.4 Å². The Morgan fingerprint density at radius 2 is 1.83 bits per heavy atom. The summed E-state index contributed by atoms with van der Waals surface area (Å²) in [5.74, 6) is -0.652. The van der Waals surface area contributed by atoms with E-state index in [9.17, 15) is 18.0 Å². The average Bonchev–Trinajstić information content (AvgIpc) is 2.55. The maximum absolute atomic E-state index is 13.4. The first-order valence-electron chi connectivity index (χ1n) is 7.24. The monoisotopic (exact) mass is 334 g/mol. The third-order valence-electron chi connectivity index (χ3n) is 3.50. The Morgan fingerprint density at radius 3 is 2.50 bits per heavy atom. The molecule has 2 aromatic carbocycles. The van der Waals surface area contributed by atoms with Gasteiger partial charge in [0, 0.05) is 12.8 Å². The van der Waals surface area contributed by atoms with E-state index in [2.05, 4.69) is 9.84 Å². The minimum absolute atomic E-state index is 0.0447. The SMILES string of the molecule is O=C1CCC(c2ccc(OC(F)F)cc2)=NN1c1cccc(F)c1. The lowest BCUT2D eigenvalue weighted by Gasteiger charge is -2.23. The first-order valence-corrected chi connectivity index (χ1v) is 7.24. The summed E-state index contributed by atoms with van der Waals surface area (Å²) in [6.07, 6.45) is 0.643. The molecule has 4 nitrogen and oxygen atoms in total. The van der Waals surface area contributed by atoms with Gasteiger partial charge in [-0.3, -0.25) is 4.79 Å². The van der Waals surface area contributed by atoms with Crippen molar-refractivity contribution in [2.24, 2.45) is 5.10 Å². The third kappa shape index (κ3) is 3.56. The van der Waals surface area contributed by atoms with Gasteiger partial charge in [0.1, 0.15) is 11.6 Å². The quantitative estimate of drug-likeness (QED) is 0.849. The number of ether oxygens (including phenoxy) is 1. The highest BCUT2D eigenvalue weighted by atomic mass is 19.3. The van der Waals surface area contributed by atoms with Crippen LogP contribution in [0.5, 0.6) is 5.75 Å². The van der Waals surface area contributed by atoms with E-state index in [1.54, 1.807) is 18.2 Å². The molecule has 0 bridgehead atoms. The van der Waals surface area contributed by atoms with E-state index in [1.165, 1.54) is 30.3 Å². The fourth-order valence-corrected chi connectivity index (χ4v) is 2.40. The van der Waals surface area contributed by atoms with Crippen LogP contribution in [-0.4, -0.2) is 18.2 Å². The molecule has 0 unspecified atom stereocenters. The van der Waals surface area contributed by atoms with Gasteiger partial charge in [0.15, 0.2) is 0 Å². The van der Waals surface area contributed by atoms with Crippen LogP contribution in [0.25, 0.3) is 0 Å². The second-order valence-corrected chi connectivity index (χ2v) is 5.13. The molecule has 0 fully saturated rings. The van der Waals surface area contributed by atoms with E-state index in [-0.39, 0.29) is 18.1 Å². The zero-order valence-electron chi connectivity index (χ0n) is 12.5. The molecule has 0 saturated carbocycles. The van der Waals surface area contributed by atoms with Gasteiger partial charge in [0.25, 0.3) is 0 Å². The number of anilines is 1. The first-order chi connectivity index (χ1) is 11.5. The zero-order valence-corrected chi connectivity index (χ0v) is 12.5. The van der Waals surface area contributed by atoms with Gasteiger partial charge in [-0.15, -0.1) is 0 Å². The molecule has 124 valence electrons. The number of amides is 1. The summed E-state index contributed by atoms with van der Waals surface area (Å²) in [5, 5.41) is 5.44. The van der Waals surface area contributed by atoms with Crippen molar-refractivity contribution in [2.75, 3.05) is 5.01 Å². The Morgan fingerprint density at radius 1 is 1.08 bits per heavy atom. The summed E-state index contributed by atoms with van der Waals surface area (Å²) in [6, 6.07) is 11.6. The van der Waals surface area contributed by atoms with Crippen molar-refractivity contribution in [3.63, 3.8) is 0 Å². The van der Waals surface area contributed by atoms with Crippen molar-refractivity contribution in [1.82, 2.24) is 0 Å². The smallest absolute Gasteiger partial charge is 0.387 e. The number of benzene rings is 2. The summed E-state index contributed by atoms with van der Waals surface area (Å²) < 4.78 is 42.0. The van der Waals surface area contributed by atoms with Gasteiger partial charge in [0.2, 0.25) is 5.91 Å². The largest absolute Gasteiger partial charge is 0.435 e. The van der Waals surface area contributed by atoms with Gasteiger partial charge >= 0.3 is 6.61 Å². The Labute approximate surface area is 136 Å². The highest BCUT2D eigenvalue weighted by Gasteiger charge is 2.23. The predicted molar refractivity (Wildman–Crippen MR) is 82.7 cm³/mol. The van der Waals surface area contributed by atoms with E-state index >= 15 is 0 Å². The van der Waals surface area contributed by atoms with Crippen LogP contribution in [-0.2, 0) is 4.79 Å². The number of hydrogen-bond acceptors (Lipinski definition) is 3. The van der Waals surface area contributed by atoms with Crippen LogP contribution in [0.15, 0.2) is 53.6 Å². The molecule has 1 aliphatic heterocycles. The number of hydrazone groups is 1. The Hall–Kier alpha value is -2.83. The summed E-state index contributed by atoms with van der Waals surface area (Å²) in [7, 11) is 0. The van der Waals surface area contributed by atoms with Gasteiger partial charge < -0.3 is 4.74 Å². The molecular formula is C17H13F3N2O2. The van der Waals surface area contributed by atoms with Crippen LogP contribution in [0, 0.1) is 5.82 Å². The van der Waals surface area contributed by atoms with Crippen LogP contribution < -0.4 is 9.75 Å². The van der Waals surface area contributed by atoms with Crippen LogP contribution in [0.3, 0.4) is 0 Å². The van der Waals surface area contributed by atoms with Gasteiger partial charge in [0.05, 0.1) is 11.4 Å². The van der Waals surface area contributed by atoms with Crippen molar-refractivity contribution in [3.8, 4) is 5.75 Å². The van der Waals surface area contributed by atoms with Gasteiger partial charge in [-0.1, -0.05) is 6.07 Å². The summed E-state index contributed by atoms with van der Waals surface area (Å²) in [6.45, 7) is -2.89. The Bertz CT molecular complexity index is 776. The van der Waals surface area contributed by atoms with Crippen LogP contribution >= 0.6 is 0 Å². The normalized spacial score (nSPS) is 14.8. The van der Waals surface area contributed by atoms with Crippen molar-refractivity contribution >= 4 is 17.3 Å². The molecule has 1 amide bonds. The molecule has 2 aromatic rings. The van der Waals surface area contributed by atoms with E-state index in [4.69, 9.17) is 0 Å². The molecule has 0 N–H and O–H groups in total. The second kappa shape index (κ2) is 6.74. The number of hydrogen-bond donors (Lipinski definition) is 0. The topological polar surface area (TPSA) is 41.9 Å². The Kier molecular flexibility index (Phi) is 4.50. The molecule has 24 heavy (non-hydrogen) atoms. The van der Waals surface area contributed by atoms with Crippen LogP contribution in [0.1, 0.15) is 18.4 Å². The van der Waals surface area contributed by atoms with Crippen molar-refractivity contribution in [1.29, 1.82) is 0 Å². The van der Waals surface area contributed by atoms with Crippen molar-refractivity contribution in [3.05, 3.63) is 59.9 Å². The van der Waals surface area contributed by atoms with E-state index < -0.39 is 12.4 Å². The third-order valence-corrected chi connectivity index (χ3v) is 3.50. The second-order valence-electron chi connectivity index (χ2n) is 5.13. The zero-order chi connectivity index (χ0) is 17.1. The van der Waals surface area contributed by atoms with Crippen LogP contribution in [0.4, 0.5) is 18.9 Å². The highest BCUT2D eigenvalue weighted by molar-refractivity contribution is 6.08. The lowest BCUT2D eigenvalue weighted by atomic mass is 10.0. The van der Waals surface area contributed by atoms with E-state index in [1.807, 2.05) is 0 Å². The average molecular weight is 334 g/mol. The number of carbonyl (C=O) groups excluding carboxylic acids is 1. The highest BCUT2D eigenvalue weighted by Crippen LogP contribution is 2.24. The van der Waals surface area contributed by atoms with Gasteiger partial charge in [-0.05, 0) is 48.0 Å². The Balaban J connectivity index is 1.87. The van der Waals surface area contributed by atoms with E-state index in [0.717, 1.165) is 5.01 Å². The molecule has 1 aliphatic rings. The number of carbonyl (C=O) groups is 1. The van der Waals surface area contributed by atoms with Crippen molar-refractivity contribution < 1.29 is 22.7 Å². The maximum Gasteiger partial charge on any atom is 0.387 e. The minimum Gasteiger partial charge on any atom is -0.435 e. The molecule has 0 atom stereocenters. The lowest BCUT2D eigenvalue weighted by Crippen LogP contribution is -2.31. The number of nitrogens with zero attached hydrogens (tertiary/aromatic N) is 2. The fourth-order valence-electron chi connectivity index (χ4n) is 2.40. The standard InChI is InChI=1S/C17H13F3N2O2/c18-12-2-1-3-13(10-12)22-16(23)9-8-15(21-22)11-4-6-14(7-5-11)24-17(19)20/h1-7,10,17H,8-9H2. The number of alkyl halides is 2. The predicted octanol–water partition coefficient (Wildman–Crippen LogP) is 3.96. The lowest BCUT2D eigenvalue weighted by molar-refractivity contribution is -0.118. The number of halogens is 3. The molecule has 0 radical (unpaired) electrons. The summed E-state index contributed by atoms with van der Waals surface area (Å²) in [5.41, 5.74) is 1.64. The molecule has 0 spiro atoms. The first kappa shape index (κ1) is 16.0. The summed E-state index contributed by atoms with van der Waals surface area (Å²) in [4.78, 5) is 12.1. The molecule has 0 aromatic heterocycles. The minimum atomic E-state index is -2.89. The number of rotatable bonds is 4. The van der Waals surface area contributed by atoms with Crippen LogP contribution in [0.2, 0.25) is 0 Å². The molecule has 0 saturated heterocycles. The molecular weight excluding hydrogens is 321 g/mol. The molecule has 0 aliphatic carbocycles.